The molecule has 0 spiro atoms. The molecular formula is C16H21Cl2NO3. The first kappa shape index (κ1) is 18.8. The number of carbonyl (C=O) groups is 2. The van der Waals surface area contributed by atoms with E-state index in [0.717, 1.165) is 5.56 Å². The minimum absolute atomic E-state index is 0.118. The fourth-order valence-electron chi connectivity index (χ4n) is 1.89. The Bertz CT molecular complexity index is 558. The molecule has 1 rings (SSSR count). The lowest BCUT2D eigenvalue weighted by molar-refractivity contribution is -0.147. The number of benzene rings is 1. The van der Waals surface area contributed by atoms with Crippen molar-refractivity contribution in [3.05, 3.63) is 33.8 Å². The summed E-state index contributed by atoms with van der Waals surface area (Å²) in [5, 5.41) is 12.9. The van der Waals surface area contributed by atoms with Gasteiger partial charge in [-0.2, -0.15) is 0 Å². The van der Waals surface area contributed by atoms with Crippen LogP contribution >= 0.6 is 23.2 Å². The Morgan fingerprint density at radius 3 is 2.50 bits per heavy atom. The molecule has 6 heteroatoms. The van der Waals surface area contributed by atoms with Crippen molar-refractivity contribution in [3.8, 4) is 0 Å². The smallest absolute Gasteiger partial charge is 0.309 e. The van der Waals surface area contributed by atoms with Crippen LogP contribution in [0.5, 0.6) is 0 Å². The zero-order valence-electron chi connectivity index (χ0n) is 13.0. The molecule has 0 saturated heterocycles. The van der Waals surface area contributed by atoms with Gasteiger partial charge in [0.15, 0.2) is 0 Å². The molecule has 4 nitrogen and oxygen atoms in total. The lowest BCUT2D eigenvalue weighted by atomic mass is 9.89. The zero-order chi connectivity index (χ0) is 16.9. The van der Waals surface area contributed by atoms with Gasteiger partial charge in [0, 0.05) is 22.5 Å². The van der Waals surface area contributed by atoms with Crippen molar-refractivity contribution >= 4 is 35.1 Å². The Labute approximate surface area is 140 Å². The van der Waals surface area contributed by atoms with Crippen LogP contribution in [0.4, 0.5) is 0 Å². The minimum Gasteiger partial charge on any atom is -0.481 e. The normalized spacial score (nSPS) is 12.8. The van der Waals surface area contributed by atoms with Gasteiger partial charge in [0.25, 0.3) is 0 Å². The van der Waals surface area contributed by atoms with E-state index >= 15 is 0 Å². The number of carboxylic acids is 1. The van der Waals surface area contributed by atoms with Crippen molar-refractivity contribution in [1.29, 1.82) is 0 Å². The van der Waals surface area contributed by atoms with Crippen LogP contribution in [0.25, 0.3) is 0 Å². The van der Waals surface area contributed by atoms with Crippen molar-refractivity contribution in [2.24, 2.45) is 11.3 Å². The summed E-state index contributed by atoms with van der Waals surface area (Å²) in [5.41, 5.74) is 0.00954. The summed E-state index contributed by atoms with van der Waals surface area (Å²) in [7, 11) is 0. The van der Waals surface area contributed by atoms with Gasteiger partial charge in [-0.1, -0.05) is 36.2 Å². The highest BCUT2D eigenvalue weighted by Crippen LogP contribution is 2.23. The number of carbonyl (C=O) groups excluding carboxylic acids is 1. The maximum atomic E-state index is 12.1. The molecule has 122 valence electrons. The number of nitrogens with one attached hydrogen (secondary N) is 1. The van der Waals surface area contributed by atoms with Gasteiger partial charge in [0.05, 0.1) is 5.41 Å². The maximum absolute atomic E-state index is 12.1. The number of halogens is 2. The fourth-order valence-corrected chi connectivity index (χ4v) is 2.37. The van der Waals surface area contributed by atoms with Gasteiger partial charge >= 0.3 is 5.97 Å². The molecule has 0 heterocycles. The molecule has 1 amide bonds. The summed E-state index contributed by atoms with van der Waals surface area (Å²) in [5.74, 6) is -1.25. The number of amides is 1. The topological polar surface area (TPSA) is 66.4 Å². The number of hydrogen-bond donors (Lipinski definition) is 2. The van der Waals surface area contributed by atoms with E-state index < -0.39 is 11.4 Å². The lowest BCUT2D eigenvalue weighted by Crippen LogP contribution is -2.35. The van der Waals surface area contributed by atoms with Crippen LogP contribution in [-0.4, -0.2) is 23.5 Å². The molecular weight excluding hydrogens is 325 g/mol. The van der Waals surface area contributed by atoms with E-state index in [4.69, 9.17) is 28.3 Å². The Hall–Kier alpha value is -1.26. The van der Waals surface area contributed by atoms with Crippen LogP contribution in [0.3, 0.4) is 0 Å². The van der Waals surface area contributed by atoms with Crippen molar-refractivity contribution in [2.45, 2.75) is 33.6 Å². The van der Waals surface area contributed by atoms with Gasteiger partial charge < -0.3 is 10.4 Å². The third-order valence-electron chi connectivity index (χ3n) is 3.62. The molecule has 0 aliphatic carbocycles. The molecule has 22 heavy (non-hydrogen) atoms. The molecule has 0 aliphatic heterocycles. The molecule has 0 aliphatic rings. The van der Waals surface area contributed by atoms with Crippen molar-refractivity contribution in [2.75, 3.05) is 6.54 Å². The second-order valence-corrected chi connectivity index (χ2v) is 6.91. The Morgan fingerprint density at radius 2 is 1.95 bits per heavy atom. The van der Waals surface area contributed by atoms with E-state index in [2.05, 4.69) is 5.32 Å². The van der Waals surface area contributed by atoms with Gasteiger partial charge in [0.2, 0.25) is 5.91 Å². The van der Waals surface area contributed by atoms with Crippen molar-refractivity contribution in [3.63, 3.8) is 0 Å². The molecule has 0 bridgehead atoms. The second-order valence-electron chi connectivity index (χ2n) is 6.07. The average molecular weight is 346 g/mol. The van der Waals surface area contributed by atoms with Crippen LogP contribution in [0.1, 0.15) is 32.8 Å². The number of aliphatic carboxylic acids is 1. The van der Waals surface area contributed by atoms with Crippen LogP contribution in [0.15, 0.2) is 18.2 Å². The number of hydrogen-bond acceptors (Lipinski definition) is 2. The van der Waals surface area contributed by atoms with E-state index in [9.17, 15) is 9.59 Å². The van der Waals surface area contributed by atoms with E-state index in [1.165, 1.54) is 0 Å². The summed E-state index contributed by atoms with van der Waals surface area (Å²) in [4.78, 5) is 23.1. The molecule has 0 fully saturated rings. The quantitative estimate of drug-likeness (QED) is 0.789. The highest BCUT2D eigenvalue weighted by Gasteiger charge is 2.27. The molecule has 0 aromatic heterocycles. The largest absolute Gasteiger partial charge is 0.481 e. The molecule has 0 radical (unpaired) electrons. The molecule has 1 aromatic carbocycles. The first-order chi connectivity index (χ1) is 10.1. The first-order valence-corrected chi connectivity index (χ1v) is 7.84. The third kappa shape index (κ3) is 5.50. The van der Waals surface area contributed by atoms with Gasteiger partial charge in [0.1, 0.15) is 0 Å². The summed E-state index contributed by atoms with van der Waals surface area (Å²) in [6, 6.07) is 5.20. The van der Waals surface area contributed by atoms with Crippen LogP contribution < -0.4 is 5.32 Å². The summed E-state index contributed by atoms with van der Waals surface area (Å²) >= 11 is 11.9. The van der Waals surface area contributed by atoms with Crippen LogP contribution in [0, 0.1) is 11.3 Å². The van der Waals surface area contributed by atoms with Crippen molar-refractivity contribution < 1.29 is 14.7 Å². The standard InChI is InChI=1S/C16H21Cl2NO3/c1-10(8-11-4-5-12(17)9-13(11)18)14(20)19-7-6-16(2,3)15(21)22/h4-5,9-10H,6-8H2,1-3H3,(H,19,20)(H,21,22). The average Bonchev–Trinajstić information content (AvgIpc) is 2.41. The molecule has 1 atom stereocenters. The van der Waals surface area contributed by atoms with E-state index in [1.807, 2.05) is 13.0 Å². The minimum atomic E-state index is -0.872. The van der Waals surface area contributed by atoms with Gasteiger partial charge in [-0.3, -0.25) is 9.59 Å². The van der Waals surface area contributed by atoms with Crippen molar-refractivity contribution in [1.82, 2.24) is 5.32 Å². The molecule has 0 saturated carbocycles. The van der Waals surface area contributed by atoms with Gasteiger partial charge in [-0.15, -0.1) is 0 Å². The monoisotopic (exact) mass is 345 g/mol. The number of carboxylic acid groups (broad SMARTS) is 1. The fraction of sp³-hybridized carbons (Fsp3) is 0.500. The first-order valence-electron chi connectivity index (χ1n) is 7.08. The van der Waals surface area contributed by atoms with E-state index in [1.54, 1.807) is 26.0 Å². The molecule has 2 N–H and O–H groups in total. The number of rotatable bonds is 7. The molecule has 1 aromatic rings. The van der Waals surface area contributed by atoms with Crippen LogP contribution in [0.2, 0.25) is 10.0 Å². The predicted molar refractivity (Wildman–Crippen MR) is 88.4 cm³/mol. The third-order valence-corrected chi connectivity index (χ3v) is 4.20. The zero-order valence-corrected chi connectivity index (χ0v) is 14.5. The van der Waals surface area contributed by atoms with E-state index in [0.29, 0.717) is 29.4 Å². The SMILES string of the molecule is CC(Cc1ccc(Cl)cc1Cl)C(=O)NCCC(C)(C)C(=O)O. The Morgan fingerprint density at radius 1 is 1.32 bits per heavy atom. The summed E-state index contributed by atoms with van der Waals surface area (Å²) in [6.07, 6.45) is 0.882. The summed E-state index contributed by atoms with van der Waals surface area (Å²) in [6.45, 7) is 5.41. The Balaban J connectivity index is 2.50. The van der Waals surface area contributed by atoms with Gasteiger partial charge in [-0.25, -0.2) is 0 Å². The maximum Gasteiger partial charge on any atom is 0.309 e. The molecule has 1 unspecified atom stereocenters. The van der Waals surface area contributed by atoms with E-state index in [-0.39, 0.29) is 11.8 Å². The highest BCUT2D eigenvalue weighted by molar-refractivity contribution is 6.35. The van der Waals surface area contributed by atoms with Gasteiger partial charge in [-0.05, 0) is 44.4 Å². The second kappa shape index (κ2) is 7.84. The predicted octanol–water partition coefficient (Wildman–Crippen LogP) is 3.79. The lowest BCUT2D eigenvalue weighted by Gasteiger charge is -2.20. The highest BCUT2D eigenvalue weighted by atomic mass is 35.5. The summed E-state index contributed by atoms with van der Waals surface area (Å²) < 4.78 is 0. The Kier molecular flexibility index (Phi) is 6.69. The van der Waals surface area contributed by atoms with Crippen LogP contribution in [-0.2, 0) is 16.0 Å².